The van der Waals surface area contributed by atoms with E-state index in [1.165, 1.54) is 17.3 Å². The lowest BCUT2D eigenvalue weighted by Gasteiger charge is -2.18. The van der Waals surface area contributed by atoms with Gasteiger partial charge in [-0.25, -0.2) is 9.97 Å². The molecule has 0 aromatic carbocycles. The van der Waals surface area contributed by atoms with E-state index in [0.29, 0.717) is 16.4 Å². The van der Waals surface area contributed by atoms with Crippen LogP contribution in [0.1, 0.15) is 42.1 Å². The van der Waals surface area contributed by atoms with Gasteiger partial charge in [0.2, 0.25) is 5.91 Å². The molecule has 2 aromatic rings. The molecule has 6 heteroatoms. The average Bonchev–Trinajstić information content (AvgIpc) is 2.63. The van der Waals surface area contributed by atoms with Gasteiger partial charge in [0.1, 0.15) is 16.9 Å². The zero-order chi connectivity index (χ0) is 17.8. The number of carbonyl (C=O) groups excluding carboxylic acids is 1. The quantitative estimate of drug-likeness (QED) is 0.850. The molecule has 1 aliphatic rings. The number of nitrogens with one attached hydrogen (secondary N) is 1. The van der Waals surface area contributed by atoms with Gasteiger partial charge >= 0.3 is 0 Å². The number of amides is 1. The second-order valence-corrected chi connectivity index (χ2v) is 7.57. The summed E-state index contributed by atoms with van der Waals surface area (Å²) in [6.07, 6.45) is 5.92. The average molecular weight is 352 g/mol. The second kappa shape index (κ2) is 7.66. The number of nitriles is 1. The van der Waals surface area contributed by atoms with Crippen LogP contribution >= 0.6 is 11.8 Å². The Bertz CT molecular complexity index is 827. The molecule has 1 N–H and O–H groups in total. The molecule has 1 amide bonds. The van der Waals surface area contributed by atoms with Crippen molar-refractivity contribution in [1.29, 1.82) is 5.26 Å². The highest BCUT2D eigenvalue weighted by Gasteiger charge is 2.20. The number of pyridine rings is 2. The van der Waals surface area contributed by atoms with Crippen molar-refractivity contribution in [2.45, 2.75) is 49.8 Å². The van der Waals surface area contributed by atoms with Crippen molar-refractivity contribution in [2.75, 3.05) is 5.32 Å². The Kier molecular flexibility index (Phi) is 5.34. The third-order valence-electron chi connectivity index (χ3n) is 4.21. The smallest absolute Gasteiger partial charge is 0.238 e. The van der Waals surface area contributed by atoms with Crippen LogP contribution in [0.15, 0.2) is 29.4 Å². The number of rotatable bonds is 4. The van der Waals surface area contributed by atoms with Crippen molar-refractivity contribution in [3.05, 3.63) is 46.8 Å². The number of thioether (sulfide) groups is 1. The van der Waals surface area contributed by atoms with Gasteiger partial charge in [-0.15, -0.1) is 0 Å². The number of nitrogens with zero attached hydrogens (tertiary/aromatic N) is 3. The van der Waals surface area contributed by atoms with Crippen molar-refractivity contribution in [3.8, 4) is 6.07 Å². The zero-order valence-corrected chi connectivity index (χ0v) is 15.2. The van der Waals surface area contributed by atoms with Crippen LogP contribution in [0.2, 0.25) is 0 Å². The van der Waals surface area contributed by atoms with E-state index >= 15 is 0 Å². The van der Waals surface area contributed by atoms with Gasteiger partial charge in [-0.1, -0.05) is 17.8 Å². The van der Waals surface area contributed by atoms with Crippen LogP contribution in [0.4, 0.5) is 5.82 Å². The Balaban J connectivity index is 1.73. The van der Waals surface area contributed by atoms with E-state index in [9.17, 15) is 10.1 Å². The normalized spacial score (nSPS) is 14.3. The highest BCUT2D eigenvalue weighted by Crippen LogP contribution is 2.30. The van der Waals surface area contributed by atoms with E-state index in [1.54, 1.807) is 12.3 Å². The fraction of sp³-hybridized carbons (Fsp3) is 0.368. The highest BCUT2D eigenvalue weighted by atomic mass is 32.2. The maximum atomic E-state index is 12.4. The number of aromatic nitrogens is 2. The second-order valence-electron chi connectivity index (χ2n) is 6.24. The van der Waals surface area contributed by atoms with Gasteiger partial charge in [0.05, 0.1) is 10.8 Å². The Morgan fingerprint density at radius 3 is 2.88 bits per heavy atom. The lowest BCUT2D eigenvalue weighted by molar-refractivity contribution is -0.115. The van der Waals surface area contributed by atoms with Crippen LogP contribution in [-0.2, 0) is 17.6 Å². The molecule has 0 radical (unpaired) electrons. The van der Waals surface area contributed by atoms with Gasteiger partial charge in [0.25, 0.3) is 0 Å². The molecule has 0 spiro atoms. The molecule has 128 valence electrons. The molecule has 0 bridgehead atoms. The van der Waals surface area contributed by atoms with Gasteiger partial charge in [-0.3, -0.25) is 4.79 Å². The summed E-state index contributed by atoms with van der Waals surface area (Å²) in [5.74, 6) is 0.381. The predicted octanol–water partition coefficient (Wildman–Crippen LogP) is 3.65. The van der Waals surface area contributed by atoms with Crippen molar-refractivity contribution < 1.29 is 4.79 Å². The van der Waals surface area contributed by atoms with E-state index in [0.717, 1.165) is 36.9 Å². The minimum atomic E-state index is -0.371. The van der Waals surface area contributed by atoms with Crippen LogP contribution in [0, 0.1) is 18.3 Å². The number of aryl methyl sites for hydroxylation is 3. The van der Waals surface area contributed by atoms with Gasteiger partial charge in [0.15, 0.2) is 0 Å². The molecule has 0 aliphatic heterocycles. The Hall–Kier alpha value is -2.39. The van der Waals surface area contributed by atoms with Crippen LogP contribution in [-0.4, -0.2) is 21.1 Å². The summed E-state index contributed by atoms with van der Waals surface area (Å²) in [6, 6.07) is 7.84. The predicted molar refractivity (Wildman–Crippen MR) is 98.5 cm³/mol. The van der Waals surface area contributed by atoms with E-state index < -0.39 is 0 Å². The molecule has 2 aromatic heterocycles. The first kappa shape index (κ1) is 17.4. The maximum Gasteiger partial charge on any atom is 0.238 e. The molecule has 25 heavy (non-hydrogen) atoms. The summed E-state index contributed by atoms with van der Waals surface area (Å²) in [4.78, 5) is 21.3. The molecule has 1 aliphatic carbocycles. The molecular weight excluding hydrogens is 332 g/mol. The van der Waals surface area contributed by atoms with Crippen molar-refractivity contribution >= 4 is 23.5 Å². The van der Waals surface area contributed by atoms with E-state index in [-0.39, 0.29) is 11.2 Å². The summed E-state index contributed by atoms with van der Waals surface area (Å²) in [7, 11) is 0. The fourth-order valence-corrected chi connectivity index (χ4v) is 3.67. The minimum Gasteiger partial charge on any atom is -0.310 e. The van der Waals surface area contributed by atoms with Crippen LogP contribution in [0.3, 0.4) is 0 Å². The highest BCUT2D eigenvalue weighted by molar-refractivity contribution is 8.00. The summed E-state index contributed by atoms with van der Waals surface area (Å²) >= 11 is 1.32. The van der Waals surface area contributed by atoms with Crippen molar-refractivity contribution in [3.63, 3.8) is 0 Å². The summed E-state index contributed by atoms with van der Waals surface area (Å²) in [5, 5.41) is 12.5. The maximum absolute atomic E-state index is 12.4. The summed E-state index contributed by atoms with van der Waals surface area (Å²) < 4.78 is 0. The molecule has 2 heterocycles. The number of carbonyl (C=O) groups is 1. The van der Waals surface area contributed by atoms with E-state index in [1.807, 2.05) is 26.0 Å². The molecule has 3 rings (SSSR count). The van der Waals surface area contributed by atoms with Crippen LogP contribution in [0.5, 0.6) is 0 Å². The van der Waals surface area contributed by atoms with Crippen LogP contribution < -0.4 is 5.32 Å². The number of hydrogen-bond acceptors (Lipinski definition) is 5. The van der Waals surface area contributed by atoms with E-state index in [4.69, 9.17) is 0 Å². The molecular formula is C19H20N4OS. The molecule has 1 atom stereocenters. The third kappa shape index (κ3) is 4.18. The van der Waals surface area contributed by atoms with Gasteiger partial charge in [0, 0.05) is 11.9 Å². The number of anilines is 1. The number of hydrogen-bond donors (Lipinski definition) is 1. The van der Waals surface area contributed by atoms with Gasteiger partial charge < -0.3 is 5.32 Å². The van der Waals surface area contributed by atoms with Gasteiger partial charge in [-0.2, -0.15) is 5.26 Å². The lowest BCUT2D eigenvalue weighted by Crippen LogP contribution is -2.23. The Morgan fingerprint density at radius 1 is 1.36 bits per heavy atom. The molecule has 0 saturated carbocycles. The first-order valence-electron chi connectivity index (χ1n) is 8.40. The SMILES string of the molecule is Cc1ccc(NC(=O)C(C)Sc2nc3c(cc2C#N)CCCC3)nc1. The van der Waals surface area contributed by atoms with E-state index in [2.05, 4.69) is 21.4 Å². The van der Waals surface area contributed by atoms with Crippen molar-refractivity contribution in [1.82, 2.24) is 9.97 Å². The molecule has 0 fully saturated rings. The van der Waals surface area contributed by atoms with Crippen molar-refractivity contribution in [2.24, 2.45) is 0 Å². The molecule has 0 saturated heterocycles. The molecule has 1 unspecified atom stereocenters. The standard InChI is InChI=1S/C19H20N4OS/c1-12-7-8-17(21-11-12)23-18(24)13(2)25-19-15(10-20)9-14-5-3-4-6-16(14)22-19/h7-9,11,13H,3-6H2,1-2H3,(H,21,23,24). The Morgan fingerprint density at radius 2 is 2.16 bits per heavy atom. The monoisotopic (exact) mass is 352 g/mol. The zero-order valence-electron chi connectivity index (χ0n) is 14.4. The summed E-state index contributed by atoms with van der Waals surface area (Å²) in [5.41, 5.74) is 3.84. The first-order chi connectivity index (χ1) is 12.1. The largest absolute Gasteiger partial charge is 0.310 e. The first-order valence-corrected chi connectivity index (χ1v) is 9.28. The fourth-order valence-electron chi connectivity index (χ4n) is 2.78. The number of fused-ring (bicyclic) bond motifs is 1. The summed E-state index contributed by atoms with van der Waals surface area (Å²) in [6.45, 7) is 3.76. The topological polar surface area (TPSA) is 78.7 Å². The lowest BCUT2D eigenvalue weighted by atomic mass is 9.95. The minimum absolute atomic E-state index is 0.148. The van der Waals surface area contributed by atoms with Crippen LogP contribution in [0.25, 0.3) is 0 Å². The third-order valence-corrected chi connectivity index (χ3v) is 5.31. The van der Waals surface area contributed by atoms with Gasteiger partial charge in [-0.05, 0) is 62.8 Å². The Labute approximate surface area is 151 Å². The molecule has 5 nitrogen and oxygen atoms in total.